The summed E-state index contributed by atoms with van der Waals surface area (Å²) < 4.78 is 27.2. The highest BCUT2D eigenvalue weighted by atomic mass is 79.9. The molecule has 0 spiro atoms. The number of benzene rings is 2. The first kappa shape index (κ1) is 13.4. The van der Waals surface area contributed by atoms with Gasteiger partial charge in [0.25, 0.3) is 0 Å². The molecule has 0 saturated carbocycles. The third kappa shape index (κ3) is 2.84. The van der Waals surface area contributed by atoms with Gasteiger partial charge in [-0.05, 0) is 23.9 Å². The first-order valence-electron chi connectivity index (χ1n) is 5.71. The summed E-state index contributed by atoms with van der Waals surface area (Å²) in [5.41, 5.74) is 0.627. The van der Waals surface area contributed by atoms with Crippen LogP contribution < -0.4 is 4.72 Å². The summed E-state index contributed by atoms with van der Waals surface area (Å²) in [5, 5.41) is 1.89. The molecule has 0 radical (unpaired) electrons. The Bertz CT molecular complexity index is 668. The predicted molar refractivity (Wildman–Crippen MR) is 79.3 cm³/mol. The molecule has 0 saturated heterocycles. The van der Waals surface area contributed by atoms with Gasteiger partial charge in [-0.25, -0.2) is 8.42 Å². The van der Waals surface area contributed by atoms with Crippen LogP contribution in [0.5, 0.6) is 0 Å². The number of hydrogen-bond donors (Lipinski definition) is 1. The average Bonchev–Trinajstić information content (AvgIpc) is 2.33. The largest absolute Gasteiger partial charge is 0.283 e. The van der Waals surface area contributed by atoms with E-state index in [-0.39, 0.29) is 5.75 Å². The molecule has 18 heavy (non-hydrogen) atoms. The van der Waals surface area contributed by atoms with E-state index >= 15 is 0 Å². The third-order valence-corrected chi connectivity index (χ3v) is 4.78. The summed E-state index contributed by atoms with van der Waals surface area (Å²) in [6.45, 7) is 1.85. The first-order valence-corrected chi connectivity index (χ1v) is 8.16. The van der Waals surface area contributed by atoms with E-state index in [1.54, 1.807) is 6.07 Å². The maximum Gasteiger partial charge on any atom is 0.232 e. The molecule has 3 nitrogen and oxygen atoms in total. The zero-order chi connectivity index (χ0) is 13.2. The Hall–Kier alpha value is -1.07. The van der Waals surface area contributed by atoms with Crippen LogP contribution in [0.15, 0.2) is 40.9 Å². The van der Waals surface area contributed by atoms with Gasteiger partial charge >= 0.3 is 0 Å². The number of anilines is 1. The van der Waals surface area contributed by atoms with E-state index in [0.29, 0.717) is 12.1 Å². The number of rotatable bonds is 4. The molecule has 0 aliphatic heterocycles. The van der Waals surface area contributed by atoms with Crippen molar-refractivity contribution in [2.75, 3.05) is 10.5 Å². The lowest BCUT2D eigenvalue weighted by Crippen LogP contribution is -2.16. The van der Waals surface area contributed by atoms with Crippen molar-refractivity contribution in [2.24, 2.45) is 0 Å². The molecular weight excluding hydrogens is 314 g/mol. The quantitative estimate of drug-likeness (QED) is 0.929. The zero-order valence-electron chi connectivity index (χ0n) is 9.98. The van der Waals surface area contributed by atoms with Crippen molar-refractivity contribution < 1.29 is 8.42 Å². The number of halogens is 1. The summed E-state index contributed by atoms with van der Waals surface area (Å²) in [6, 6.07) is 11.3. The molecule has 5 heteroatoms. The van der Waals surface area contributed by atoms with E-state index in [2.05, 4.69) is 20.7 Å². The smallest absolute Gasteiger partial charge is 0.232 e. The molecule has 0 unspecified atom stereocenters. The van der Waals surface area contributed by atoms with Crippen molar-refractivity contribution in [1.82, 2.24) is 0 Å². The maximum absolute atomic E-state index is 11.8. The van der Waals surface area contributed by atoms with Gasteiger partial charge < -0.3 is 0 Å². The minimum Gasteiger partial charge on any atom is -0.283 e. The van der Waals surface area contributed by atoms with E-state index in [1.807, 2.05) is 37.3 Å². The van der Waals surface area contributed by atoms with Crippen molar-refractivity contribution in [3.8, 4) is 0 Å². The Kier molecular flexibility index (Phi) is 3.92. The molecule has 0 aromatic heterocycles. The second-order valence-electron chi connectivity index (χ2n) is 4.06. The van der Waals surface area contributed by atoms with Gasteiger partial charge in [-0.3, -0.25) is 4.72 Å². The van der Waals surface area contributed by atoms with Crippen LogP contribution in [-0.4, -0.2) is 14.2 Å². The Morgan fingerprint density at radius 1 is 1.11 bits per heavy atom. The molecule has 0 fully saturated rings. The highest BCUT2D eigenvalue weighted by molar-refractivity contribution is 9.10. The minimum absolute atomic E-state index is 0.136. The first-order chi connectivity index (χ1) is 8.53. The van der Waals surface area contributed by atoms with Crippen LogP contribution in [0.4, 0.5) is 5.69 Å². The van der Waals surface area contributed by atoms with Gasteiger partial charge in [0.2, 0.25) is 10.0 Å². The second kappa shape index (κ2) is 5.28. The van der Waals surface area contributed by atoms with Gasteiger partial charge in [0, 0.05) is 9.86 Å². The molecule has 1 N–H and O–H groups in total. The standard InChI is InChI=1S/C13H14BrNO2S/c1-2-9-18(16,17)15-13-8-7-12(14)10-5-3-4-6-11(10)13/h3-8,15H,2,9H2,1H3. The molecule has 0 heterocycles. The second-order valence-corrected chi connectivity index (χ2v) is 6.76. The fourth-order valence-electron chi connectivity index (χ4n) is 1.84. The minimum atomic E-state index is -3.25. The average molecular weight is 328 g/mol. The lowest BCUT2D eigenvalue weighted by molar-refractivity contribution is 0.600. The van der Waals surface area contributed by atoms with Gasteiger partial charge in [0.1, 0.15) is 0 Å². The van der Waals surface area contributed by atoms with Crippen molar-refractivity contribution >= 4 is 42.4 Å². The molecule has 0 bridgehead atoms. The molecule has 96 valence electrons. The lowest BCUT2D eigenvalue weighted by Gasteiger charge is -2.11. The van der Waals surface area contributed by atoms with Crippen molar-refractivity contribution in [3.63, 3.8) is 0 Å². The van der Waals surface area contributed by atoms with Gasteiger partial charge in [-0.2, -0.15) is 0 Å². The molecule has 0 atom stereocenters. The van der Waals surface area contributed by atoms with E-state index in [4.69, 9.17) is 0 Å². The molecular formula is C13H14BrNO2S. The van der Waals surface area contributed by atoms with Crippen LogP contribution >= 0.6 is 15.9 Å². The Morgan fingerprint density at radius 3 is 2.44 bits per heavy atom. The Labute approximate surface area is 115 Å². The number of fused-ring (bicyclic) bond motifs is 1. The third-order valence-electron chi connectivity index (χ3n) is 2.61. The zero-order valence-corrected chi connectivity index (χ0v) is 12.4. The molecule has 0 aliphatic rings. The van der Waals surface area contributed by atoms with Crippen LogP contribution in [0.3, 0.4) is 0 Å². The van der Waals surface area contributed by atoms with Gasteiger partial charge in [0.05, 0.1) is 11.4 Å². The monoisotopic (exact) mass is 327 g/mol. The van der Waals surface area contributed by atoms with Crippen LogP contribution in [0, 0.1) is 0 Å². The summed E-state index contributed by atoms with van der Waals surface area (Å²) in [4.78, 5) is 0. The van der Waals surface area contributed by atoms with Gasteiger partial charge in [-0.1, -0.05) is 47.1 Å². The summed E-state index contributed by atoms with van der Waals surface area (Å²) in [6.07, 6.45) is 0.601. The molecule has 2 aromatic carbocycles. The van der Waals surface area contributed by atoms with Crippen molar-refractivity contribution in [1.29, 1.82) is 0 Å². The molecule has 0 aliphatic carbocycles. The van der Waals surface area contributed by atoms with Crippen LogP contribution in [-0.2, 0) is 10.0 Å². The topological polar surface area (TPSA) is 46.2 Å². The van der Waals surface area contributed by atoms with Gasteiger partial charge in [0.15, 0.2) is 0 Å². The fraction of sp³-hybridized carbons (Fsp3) is 0.231. The van der Waals surface area contributed by atoms with Crippen LogP contribution in [0.1, 0.15) is 13.3 Å². The molecule has 2 aromatic rings. The van der Waals surface area contributed by atoms with Crippen molar-refractivity contribution in [3.05, 3.63) is 40.9 Å². The number of sulfonamides is 1. The summed E-state index contributed by atoms with van der Waals surface area (Å²) in [7, 11) is -3.25. The number of nitrogens with one attached hydrogen (secondary N) is 1. The van der Waals surface area contributed by atoms with Gasteiger partial charge in [-0.15, -0.1) is 0 Å². The van der Waals surface area contributed by atoms with E-state index in [9.17, 15) is 8.42 Å². The Balaban J connectivity index is 2.50. The lowest BCUT2D eigenvalue weighted by atomic mass is 10.1. The normalized spacial score (nSPS) is 11.7. The maximum atomic E-state index is 11.8. The van der Waals surface area contributed by atoms with Crippen molar-refractivity contribution in [2.45, 2.75) is 13.3 Å². The molecule has 2 rings (SSSR count). The van der Waals surface area contributed by atoms with E-state index < -0.39 is 10.0 Å². The SMILES string of the molecule is CCCS(=O)(=O)Nc1ccc(Br)c2ccccc12. The van der Waals surface area contributed by atoms with Crippen LogP contribution in [0.25, 0.3) is 10.8 Å². The predicted octanol–water partition coefficient (Wildman–Crippen LogP) is 3.75. The highest BCUT2D eigenvalue weighted by Crippen LogP contribution is 2.30. The Morgan fingerprint density at radius 2 is 1.78 bits per heavy atom. The summed E-state index contributed by atoms with van der Waals surface area (Å²) >= 11 is 3.46. The molecule has 0 amide bonds. The highest BCUT2D eigenvalue weighted by Gasteiger charge is 2.11. The van der Waals surface area contributed by atoms with Crippen LogP contribution in [0.2, 0.25) is 0 Å². The fourth-order valence-corrected chi connectivity index (χ4v) is 3.47. The number of hydrogen-bond acceptors (Lipinski definition) is 2. The van der Waals surface area contributed by atoms with E-state index in [0.717, 1.165) is 15.2 Å². The van der Waals surface area contributed by atoms with E-state index in [1.165, 1.54) is 0 Å². The summed E-state index contributed by atoms with van der Waals surface area (Å²) in [5.74, 6) is 0.136.